The van der Waals surface area contributed by atoms with Crippen molar-refractivity contribution >= 4 is 5.97 Å². The highest BCUT2D eigenvalue weighted by molar-refractivity contribution is 5.66. The summed E-state index contributed by atoms with van der Waals surface area (Å²) >= 11 is 0. The number of phenols is 1. The lowest BCUT2D eigenvalue weighted by atomic mass is 9.53. The van der Waals surface area contributed by atoms with Crippen LogP contribution in [-0.2, 0) is 9.53 Å². The molecule has 0 aliphatic heterocycles. The molecule has 0 aromatic heterocycles. The minimum absolute atomic E-state index is 0.00323. The van der Waals surface area contributed by atoms with E-state index >= 15 is 0 Å². The first-order valence-electron chi connectivity index (χ1n) is 9.82. The number of aryl methyl sites for hydroxylation is 1. The Labute approximate surface area is 168 Å². The third kappa shape index (κ3) is 4.19. The second-order valence-electron chi connectivity index (χ2n) is 8.88. The van der Waals surface area contributed by atoms with E-state index in [0.29, 0.717) is 17.7 Å². The average molecular weight is 391 g/mol. The second-order valence-corrected chi connectivity index (χ2v) is 8.88. The molecular weight excluding hydrogens is 356 g/mol. The Kier molecular flexibility index (Phi) is 6.49. The summed E-state index contributed by atoms with van der Waals surface area (Å²) in [7, 11) is 1.49. The third-order valence-corrected chi connectivity index (χ3v) is 6.53. The van der Waals surface area contributed by atoms with Crippen LogP contribution >= 0.6 is 0 Å². The van der Waals surface area contributed by atoms with E-state index in [1.807, 2.05) is 13.0 Å². The largest absolute Gasteiger partial charge is 0.504 e. The Morgan fingerprint density at radius 2 is 2.04 bits per heavy atom. The van der Waals surface area contributed by atoms with Gasteiger partial charge in [0.1, 0.15) is 6.10 Å². The number of methoxy groups -OCH3 is 1. The maximum Gasteiger partial charge on any atom is 0.302 e. The number of phenolic OH excluding ortho intramolecular Hbond substituents is 1. The van der Waals surface area contributed by atoms with Crippen LogP contribution in [0.1, 0.15) is 64.2 Å². The molecule has 1 aliphatic rings. The fourth-order valence-corrected chi connectivity index (χ4v) is 4.82. The number of aliphatic hydroxyl groups excluding tert-OH is 1. The fourth-order valence-electron chi connectivity index (χ4n) is 4.82. The van der Waals surface area contributed by atoms with Gasteiger partial charge in [-0.25, -0.2) is 0 Å². The smallest absolute Gasteiger partial charge is 0.302 e. The zero-order valence-corrected chi connectivity index (χ0v) is 17.9. The molecule has 1 aromatic rings. The molecule has 1 fully saturated rings. The Morgan fingerprint density at radius 3 is 2.57 bits per heavy atom. The highest BCUT2D eigenvalue weighted by Crippen LogP contribution is 2.56. The molecule has 0 saturated heterocycles. The molecule has 5 heteroatoms. The zero-order chi connectivity index (χ0) is 21.3. The molecule has 0 radical (unpaired) electrons. The first-order valence-corrected chi connectivity index (χ1v) is 9.82. The number of benzene rings is 1. The molecule has 4 atom stereocenters. The number of hydrogen-bond acceptors (Lipinski definition) is 5. The van der Waals surface area contributed by atoms with E-state index in [4.69, 9.17) is 9.47 Å². The first-order chi connectivity index (χ1) is 13.0. The van der Waals surface area contributed by atoms with Crippen LogP contribution in [0.2, 0.25) is 0 Å². The van der Waals surface area contributed by atoms with Gasteiger partial charge in [0.15, 0.2) is 11.5 Å². The maximum atomic E-state index is 11.6. The molecule has 4 unspecified atom stereocenters. The number of carbonyl (C=O) groups is 1. The summed E-state index contributed by atoms with van der Waals surface area (Å²) in [6, 6.07) is 3.52. The highest BCUT2D eigenvalue weighted by atomic mass is 16.5. The summed E-state index contributed by atoms with van der Waals surface area (Å²) in [4.78, 5) is 11.6. The molecule has 0 spiro atoms. The first kappa shape index (κ1) is 22.3. The Balaban J connectivity index is 2.40. The predicted molar refractivity (Wildman–Crippen MR) is 109 cm³/mol. The molecule has 1 saturated carbocycles. The van der Waals surface area contributed by atoms with Crippen molar-refractivity contribution < 1.29 is 24.5 Å². The van der Waals surface area contributed by atoms with Gasteiger partial charge in [-0.05, 0) is 55.2 Å². The molecule has 1 aromatic carbocycles. The molecule has 1 aliphatic carbocycles. The highest BCUT2D eigenvalue weighted by Gasteiger charge is 2.52. The minimum Gasteiger partial charge on any atom is -0.504 e. The van der Waals surface area contributed by atoms with Gasteiger partial charge in [0.25, 0.3) is 0 Å². The van der Waals surface area contributed by atoms with Crippen LogP contribution in [0.4, 0.5) is 0 Å². The minimum atomic E-state index is -0.881. The standard InChI is InChI=1S/C23H34O5/c1-8-23(6)10-9-20(28-15(3)24)22(4,5)19(23)13-17(25)16-11-14(2)12-18(27-7)21(16)26/h8,11-12,17,19-20,25-26H,1,9-10,13H2,2-7H3. The molecule has 156 valence electrons. The quantitative estimate of drug-likeness (QED) is 0.544. The number of esters is 1. The van der Waals surface area contributed by atoms with Gasteiger partial charge in [-0.3, -0.25) is 4.79 Å². The number of rotatable bonds is 6. The molecule has 2 N–H and O–H groups in total. The third-order valence-electron chi connectivity index (χ3n) is 6.53. The van der Waals surface area contributed by atoms with Crippen molar-refractivity contribution in [2.45, 2.75) is 66.1 Å². The van der Waals surface area contributed by atoms with E-state index in [-0.39, 0.29) is 34.6 Å². The van der Waals surface area contributed by atoms with Crippen molar-refractivity contribution in [3.8, 4) is 11.5 Å². The summed E-state index contributed by atoms with van der Waals surface area (Å²) in [5.41, 5.74) is 0.770. The summed E-state index contributed by atoms with van der Waals surface area (Å²) in [6.45, 7) is 13.7. The number of hydrogen-bond donors (Lipinski definition) is 2. The van der Waals surface area contributed by atoms with Crippen molar-refractivity contribution in [3.63, 3.8) is 0 Å². The topological polar surface area (TPSA) is 76.0 Å². The second kappa shape index (κ2) is 8.16. The maximum absolute atomic E-state index is 11.6. The predicted octanol–water partition coefficient (Wildman–Crippen LogP) is 4.69. The van der Waals surface area contributed by atoms with Gasteiger partial charge in [0, 0.05) is 17.9 Å². The summed E-state index contributed by atoms with van der Waals surface area (Å²) in [5, 5.41) is 21.6. The van der Waals surface area contributed by atoms with Crippen molar-refractivity contribution in [1.82, 2.24) is 0 Å². The summed E-state index contributed by atoms with van der Waals surface area (Å²) in [5.74, 6) is 0.0180. The number of aromatic hydroxyl groups is 1. The van der Waals surface area contributed by atoms with Gasteiger partial charge in [-0.15, -0.1) is 6.58 Å². The van der Waals surface area contributed by atoms with Crippen LogP contribution in [0.5, 0.6) is 11.5 Å². The lowest BCUT2D eigenvalue weighted by Gasteiger charge is -2.53. The molecule has 0 bridgehead atoms. The Morgan fingerprint density at radius 1 is 1.39 bits per heavy atom. The van der Waals surface area contributed by atoms with Crippen LogP contribution in [0.3, 0.4) is 0 Å². The van der Waals surface area contributed by atoms with E-state index in [1.54, 1.807) is 12.1 Å². The molecule has 2 rings (SSSR count). The summed E-state index contributed by atoms with van der Waals surface area (Å²) in [6.07, 6.45) is 2.83. The van der Waals surface area contributed by atoms with E-state index < -0.39 is 6.10 Å². The van der Waals surface area contributed by atoms with Gasteiger partial charge >= 0.3 is 5.97 Å². The average Bonchev–Trinajstić information content (AvgIpc) is 2.62. The van der Waals surface area contributed by atoms with Gasteiger partial charge in [-0.1, -0.05) is 26.8 Å². The molecule has 0 heterocycles. The fraction of sp³-hybridized carbons (Fsp3) is 0.609. The normalized spacial score (nSPS) is 27.7. The van der Waals surface area contributed by atoms with E-state index in [0.717, 1.165) is 18.4 Å². The van der Waals surface area contributed by atoms with Crippen LogP contribution in [0, 0.1) is 23.7 Å². The lowest BCUT2D eigenvalue weighted by Crippen LogP contribution is -2.51. The molecule has 28 heavy (non-hydrogen) atoms. The van der Waals surface area contributed by atoms with Crippen molar-refractivity contribution in [1.29, 1.82) is 0 Å². The van der Waals surface area contributed by atoms with Crippen LogP contribution in [-0.4, -0.2) is 29.4 Å². The molecule has 0 amide bonds. The zero-order valence-electron chi connectivity index (χ0n) is 17.9. The van der Waals surface area contributed by atoms with Crippen molar-refractivity contribution in [3.05, 3.63) is 35.9 Å². The number of carbonyl (C=O) groups excluding carboxylic acids is 1. The monoisotopic (exact) mass is 390 g/mol. The van der Waals surface area contributed by atoms with E-state index in [2.05, 4.69) is 27.4 Å². The Hall–Kier alpha value is -2.01. The van der Waals surface area contributed by atoms with Crippen LogP contribution < -0.4 is 4.74 Å². The molecule has 5 nitrogen and oxygen atoms in total. The number of ether oxygens (including phenoxy) is 2. The van der Waals surface area contributed by atoms with Gasteiger partial charge in [-0.2, -0.15) is 0 Å². The lowest BCUT2D eigenvalue weighted by molar-refractivity contribution is -0.166. The van der Waals surface area contributed by atoms with E-state index in [9.17, 15) is 15.0 Å². The number of allylic oxidation sites excluding steroid dienone is 1. The molecular formula is C23H34O5. The summed E-state index contributed by atoms with van der Waals surface area (Å²) < 4.78 is 10.9. The number of aliphatic hydroxyl groups is 1. The van der Waals surface area contributed by atoms with Crippen LogP contribution in [0.25, 0.3) is 0 Å². The Bertz CT molecular complexity index is 739. The van der Waals surface area contributed by atoms with Gasteiger partial charge in [0.05, 0.1) is 13.2 Å². The van der Waals surface area contributed by atoms with Crippen molar-refractivity contribution in [2.24, 2.45) is 16.7 Å². The SMILES string of the molecule is C=CC1(C)CCC(OC(C)=O)C(C)(C)C1CC(O)c1cc(C)cc(OC)c1O. The van der Waals surface area contributed by atoms with Crippen molar-refractivity contribution in [2.75, 3.05) is 7.11 Å². The van der Waals surface area contributed by atoms with Crippen LogP contribution in [0.15, 0.2) is 24.8 Å². The van der Waals surface area contributed by atoms with E-state index in [1.165, 1.54) is 14.0 Å². The van der Waals surface area contributed by atoms with Gasteiger partial charge in [0.2, 0.25) is 0 Å². The van der Waals surface area contributed by atoms with Gasteiger partial charge < -0.3 is 19.7 Å².